The van der Waals surface area contributed by atoms with Gasteiger partial charge in [-0.3, -0.25) is 9.59 Å². The lowest BCUT2D eigenvalue weighted by molar-refractivity contribution is -0.141. The molecule has 0 saturated heterocycles. The van der Waals surface area contributed by atoms with Gasteiger partial charge in [0, 0.05) is 18.2 Å². The number of para-hydroxylation sites is 1. The maximum Gasteiger partial charge on any atom is 0.408 e. The van der Waals surface area contributed by atoms with E-state index in [2.05, 4.69) is 10.6 Å². The van der Waals surface area contributed by atoms with Crippen LogP contribution in [-0.2, 0) is 20.7 Å². The zero-order valence-electron chi connectivity index (χ0n) is 25.2. The first-order valence-electron chi connectivity index (χ1n) is 14.4. The monoisotopic (exact) mass is 571 g/mol. The number of anilines is 1. The number of aromatic hydroxyl groups is 1. The van der Waals surface area contributed by atoms with Gasteiger partial charge in [0.15, 0.2) is 0 Å². The van der Waals surface area contributed by atoms with Crippen molar-refractivity contribution in [1.82, 2.24) is 10.2 Å². The Hall–Kier alpha value is -4.33. The number of alkyl carbamates (subject to hydrolysis) is 1. The summed E-state index contributed by atoms with van der Waals surface area (Å²) >= 11 is 0. The predicted molar refractivity (Wildman–Crippen MR) is 163 cm³/mol. The van der Waals surface area contributed by atoms with E-state index in [4.69, 9.17) is 4.74 Å². The van der Waals surface area contributed by atoms with Gasteiger partial charge in [-0.1, -0.05) is 67.6 Å². The van der Waals surface area contributed by atoms with Crippen LogP contribution in [0, 0.1) is 19.8 Å². The molecule has 3 N–H and O–H groups in total. The molecule has 8 heteroatoms. The Morgan fingerprint density at radius 3 is 2.17 bits per heavy atom. The van der Waals surface area contributed by atoms with Crippen molar-refractivity contribution in [2.45, 2.75) is 78.1 Å². The average Bonchev–Trinajstić information content (AvgIpc) is 3.63. The van der Waals surface area contributed by atoms with Crippen molar-refractivity contribution in [3.63, 3.8) is 0 Å². The first kappa shape index (κ1) is 30.6. The normalized spacial score (nSPS) is 17.5. The molecule has 4 atom stereocenters. The Labute approximate surface area is 248 Å². The number of hydrogen-bond acceptors (Lipinski definition) is 5. The summed E-state index contributed by atoms with van der Waals surface area (Å²) in [5.74, 6) is -0.660. The van der Waals surface area contributed by atoms with Crippen LogP contribution in [0.5, 0.6) is 5.75 Å². The smallest absolute Gasteiger partial charge is 0.408 e. The van der Waals surface area contributed by atoms with Crippen LogP contribution in [-0.4, -0.2) is 45.6 Å². The molecular weight excluding hydrogens is 530 g/mol. The third kappa shape index (κ3) is 7.69. The minimum absolute atomic E-state index is 0.0127. The van der Waals surface area contributed by atoms with E-state index in [-0.39, 0.29) is 24.1 Å². The average molecular weight is 572 g/mol. The molecule has 3 aromatic carbocycles. The summed E-state index contributed by atoms with van der Waals surface area (Å²) in [7, 11) is 0. The second kappa shape index (κ2) is 12.7. The fourth-order valence-electron chi connectivity index (χ4n) is 5.19. The molecule has 4 rings (SSSR count). The van der Waals surface area contributed by atoms with Crippen molar-refractivity contribution in [1.29, 1.82) is 0 Å². The molecule has 1 saturated carbocycles. The summed E-state index contributed by atoms with van der Waals surface area (Å²) in [6.07, 6.45) is 0.207. The topological polar surface area (TPSA) is 108 Å². The molecule has 0 heterocycles. The van der Waals surface area contributed by atoms with Crippen molar-refractivity contribution >= 4 is 23.6 Å². The Morgan fingerprint density at radius 2 is 1.60 bits per heavy atom. The van der Waals surface area contributed by atoms with Crippen LogP contribution in [0.25, 0.3) is 0 Å². The standard InChI is InChI=1S/C34H41N3O5/c1-21-12-10-13-22(2)29(21)36-31(39)30(25-16-11-17-26(38)20-25)37(28-18-23(28)3)32(40)27(19-24-14-8-7-9-15-24)35-33(41)42-34(4,5)6/h7-17,20,23,27-28,30,38H,18-19H2,1-6H3,(H,35,41)(H,36,39). The first-order chi connectivity index (χ1) is 19.8. The van der Waals surface area contributed by atoms with Crippen LogP contribution in [0.3, 0.4) is 0 Å². The van der Waals surface area contributed by atoms with Gasteiger partial charge < -0.3 is 25.4 Å². The van der Waals surface area contributed by atoms with E-state index in [9.17, 15) is 19.5 Å². The molecule has 0 aliphatic heterocycles. The van der Waals surface area contributed by atoms with Crippen molar-refractivity contribution < 1.29 is 24.2 Å². The van der Waals surface area contributed by atoms with E-state index in [0.717, 1.165) is 16.7 Å². The maximum absolute atomic E-state index is 14.6. The third-order valence-electron chi connectivity index (χ3n) is 7.39. The van der Waals surface area contributed by atoms with Gasteiger partial charge in [-0.05, 0) is 81.3 Å². The van der Waals surface area contributed by atoms with Crippen LogP contribution in [0.1, 0.15) is 62.4 Å². The third-order valence-corrected chi connectivity index (χ3v) is 7.39. The lowest BCUT2D eigenvalue weighted by atomic mass is 9.99. The number of phenolic OH excluding ortho intramolecular Hbond substituents is 1. The van der Waals surface area contributed by atoms with Crippen molar-refractivity contribution in [3.8, 4) is 5.75 Å². The van der Waals surface area contributed by atoms with Gasteiger partial charge in [-0.15, -0.1) is 0 Å². The second-order valence-corrected chi connectivity index (χ2v) is 12.2. The molecule has 1 aliphatic carbocycles. The van der Waals surface area contributed by atoms with Crippen LogP contribution in [0.4, 0.5) is 10.5 Å². The molecule has 1 aliphatic rings. The molecule has 8 nitrogen and oxygen atoms in total. The first-order valence-corrected chi connectivity index (χ1v) is 14.4. The predicted octanol–water partition coefficient (Wildman–Crippen LogP) is 6.06. The highest BCUT2D eigenvalue weighted by Gasteiger charge is 2.48. The highest BCUT2D eigenvalue weighted by Crippen LogP contribution is 2.41. The number of benzene rings is 3. The van der Waals surface area contributed by atoms with Crippen LogP contribution < -0.4 is 10.6 Å². The number of rotatable bonds is 9. The maximum atomic E-state index is 14.6. The number of nitrogens with zero attached hydrogens (tertiary/aromatic N) is 1. The second-order valence-electron chi connectivity index (χ2n) is 12.2. The number of hydrogen-bond donors (Lipinski definition) is 3. The van der Waals surface area contributed by atoms with Crippen molar-refractivity contribution in [2.75, 3.05) is 5.32 Å². The number of phenols is 1. The van der Waals surface area contributed by atoms with Crippen LogP contribution >= 0.6 is 0 Å². The van der Waals surface area contributed by atoms with E-state index in [1.54, 1.807) is 37.8 Å². The Bertz CT molecular complexity index is 1410. The molecule has 0 bridgehead atoms. The SMILES string of the molecule is Cc1cccc(C)c1NC(=O)C(c1cccc(O)c1)N(C(=O)C(Cc1ccccc1)NC(=O)OC(C)(C)C)C1CC1C. The molecule has 0 spiro atoms. The van der Waals surface area contributed by atoms with E-state index in [1.165, 1.54) is 12.1 Å². The Balaban J connectivity index is 1.77. The number of carbonyl (C=O) groups is 3. The summed E-state index contributed by atoms with van der Waals surface area (Å²) in [6, 6.07) is 19.3. The van der Waals surface area contributed by atoms with E-state index < -0.39 is 35.6 Å². The fraction of sp³-hybridized carbons (Fsp3) is 0.382. The van der Waals surface area contributed by atoms with Crippen molar-refractivity contribution in [3.05, 3.63) is 95.1 Å². The number of amides is 3. The van der Waals surface area contributed by atoms with Gasteiger partial charge >= 0.3 is 6.09 Å². The molecule has 42 heavy (non-hydrogen) atoms. The molecule has 4 unspecified atom stereocenters. The summed E-state index contributed by atoms with van der Waals surface area (Å²) in [5, 5.41) is 16.2. The zero-order chi connectivity index (χ0) is 30.6. The van der Waals surface area contributed by atoms with Gasteiger partial charge in [0.25, 0.3) is 5.91 Å². The minimum Gasteiger partial charge on any atom is -0.508 e. The summed E-state index contributed by atoms with van der Waals surface area (Å²) in [4.78, 5) is 43.3. The molecule has 3 aromatic rings. The number of carbonyl (C=O) groups excluding carboxylic acids is 3. The highest BCUT2D eigenvalue weighted by atomic mass is 16.6. The largest absolute Gasteiger partial charge is 0.508 e. The molecular formula is C34H41N3O5. The van der Waals surface area contributed by atoms with Gasteiger partial charge in [-0.2, -0.15) is 0 Å². The Morgan fingerprint density at radius 1 is 0.976 bits per heavy atom. The molecule has 0 aromatic heterocycles. The summed E-state index contributed by atoms with van der Waals surface area (Å²) in [5.41, 5.74) is 3.03. The highest BCUT2D eigenvalue weighted by molar-refractivity contribution is 6.00. The van der Waals surface area contributed by atoms with Crippen LogP contribution in [0.15, 0.2) is 72.8 Å². The van der Waals surface area contributed by atoms with Crippen molar-refractivity contribution in [2.24, 2.45) is 5.92 Å². The van der Waals surface area contributed by atoms with E-state index in [0.29, 0.717) is 17.7 Å². The van der Waals surface area contributed by atoms with Gasteiger partial charge in [0.2, 0.25) is 5.91 Å². The summed E-state index contributed by atoms with van der Waals surface area (Å²) < 4.78 is 5.51. The number of nitrogens with one attached hydrogen (secondary N) is 2. The fourth-order valence-corrected chi connectivity index (χ4v) is 5.19. The lowest BCUT2D eigenvalue weighted by Crippen LogP contribution is -2.54. The minimum atomic E-state index is -1.06. The van der Waals surface area contributed by atoms with Crippen LogP contribution in [0.2, 0.25) is 0 Å². The molecule has 0 radical (unpaired) electrons. The molecule has 3 amide bonds. The number of ether oxygens (including phenoxy) is 1. The van der Waals surface area contributed by atoms with Gasteiger partial charge in [0.05, 0.1) is 0 Å². The van der Waals surface area contributed by atoms with Gasteiger partial charge in [-0.25, -0.2) is 4.79 Å². The number of aryl methyl sites for hydroxylation is 2. The van der Waals surface area contributed by atoms with Gasteiger partial charge in [0.1, 0.15) is 23.4 Å². The van der Waals surface area contributed by atoms with E-state index >= 15 is 0 Å². The molecule has 1 fully saturated rings. The Kier molecular flexibility index (Phi) is 9.24. The summed E-state index contributed by atoms with van der Waals surface area (Å²) in [6.45, 7) is 11.1. The quantitative estimate of drug-likeness (QED) is 0.289. The molecule has 222 valence electrons. The van der Waals surface area contributed by atoms with E-state index in [1.807, 2.05) is 69.3 Å². The lowest BCUT2D eigenvalue weighted by Gasteiger charge is -2.35. The zero-order valence-corrected chi connectivity index (χ0v) is 25.2.